The zero-order valence-electron chi connectivity index (χ0n) is 25.4. The third kappa shape index (κ3) is 12.3. The molecule has 2 amide bonds. The van der Waals surface area contributed by atoms with Crippen molar-refractivity contribution in [3.05, 3.63) is 70.0 Å². The third-order valence-corrected chi connectivity index (χ3v) is 8.12. The fourth-order valence-electron chi connectivity index (χ4n) is 4.29. The highest BCUT2D eigenvalue weighted by Crippen LogP contribution is 2.25. The summed E-state index contributed by atoms with van der Waals surface area (Å²) >= 11 is 1.57. The lowest BCUT2D eigenvalue weighted by Gasteiger charge is -2.23. The van der Waals surface area contributed by atoms with Gasteiger partial charge in [0.25, 0.3) is 5.69 Å². The predicted molar refractivity (Wildman–Crippen MR) is 178 cm³/mol. The van der Waals surface area contributed by atoms with Gasteiger partial charge in [0.05, 0.1) is 11.3 Å². The number of nitrogens with one attached hydrogen (secondary N) is 3. The minimum Gasteiger partial charge on any atom is -0.481 e. The first-order chi connectivity index (χ1) is 22.2. The number of aryl methyl sites for hydroxylation is 1. The third-order valence-electron chi connectivity index (χ3n) is 6.74. The SMILES string of the molecule is Cc1nnc(-c2ccc(CC(=O)NCCCN(SCCNCCCCC(C(=O)O)C(=O)NP)c3ccc([N+](=O)[O-])cc3)cc2)nn1. The van der Waals surface area contributed by atoms with E-state index in [1.807, 2.05) is 38.0 Å². The molecule has 0 spiro atoms. The van der Waals surface area contributed by atoms with E-state index in [1.165, 1.54) is 12.1 Å². The lowest BCUT2D eigenvalue weighted by atomic mass is 10.0. The van der Waals surface area contributed by atoms with E-state index in [4.69, 9.17) is 0 Å². The first-order valence-corrected chi connectivity index (χ1v) is 16.2. The monoisotopic (exact) mass is 671 g/mol. The molecule has 2 unspecified atom stereocenters. The Kier molecular flexibility index (Phi) is 15.2. The van der Waals surface area contributed by atoms with Crippen LogP contribution in [0, 0.1) is 23.0 Å². The van der Waals surface area contributed by atoms with Crippen LogP contribution in [-0.2, 0) is 20.8 Å². The molecule has 0 aliphatic carbocycles. The summed E-state index contributed by atoms with van der Waals surface area (Å²) in [5.74, 6) is -1.21. The van der Waals surface area contributed by atoms with Crippen molar-refractivity contribution in [1.29, 1.82) is 0 Å². The molecule has 0 saturated heterocycles. The summed E-state index contributed by atoms with van der Waals surface area (Å²) in [5, 5.41) is 44.7. The number of nitro benzene ring substituents is 1. The maximum Gasteiger partial charge on any atom is 0.316 e. The standard InChI is InChI=1S/C29H38N9O6PS/c1-20-32-34-27(35-33-20)22-8-6-21(7-9-22)19-26(39)31-15-4-17-37(23-10-12-24(13-11-23)38(43)44)46-18-16-30-14-3-2-5-25(29(41)42)28(40)36-45/h6-13,25,30H,2-5,14-19,45H2,1H3,(H,31,39)(H,36,40)(H,41,42). The van der Waals surface area contributed by atoms with Crippen LogP contribution in [0.4, 0.5) is 11.4 Å². The van der Waals surface area contributed by atoms with Crippen LogP contribution in [0.2, 0.25) is 0 Å². The maximum atomic E-state index is 12.6. The normalized spacial score (nSPS) is 11.4. The van der Waals surface area contributed by atoms with Gasteiger partial charge in [-0.3, -0.25) is 24.5 Å². The van der Waals surface area contributed by atoms with Crippen molar-refractivity contribution in [3.63, 3.8) is 0 Å². The van der Waals surface area contributed by atoms with Gasteiger partial charge in [-0.1, -0.05) is 30.7 Å². The van der Waals surface area contributed by atoms with Gasteiger partial charge in [0.1, 0.15) is 5.92 Å². The lowest BCUT2D eigenvalue weighted by Crippen LogP contribution is -2.30. The number of hydrogen-bond acceptors (Lipinski definition) is 12. The molecule has 0 fully saturated rings. The van der Waals surface area contributed by atoms with Crippen LogP contribution >= 0.6 is 21.3 Å². The van der Waals surface area contributed by atoms with Crippen molar-refractivity contribution in [2.75, 3.05) is 36.2 Å². The highest BCUT2D eigenvalue weighted by Gasteiger charge is 2.24. The number of anilines is 1. The summed E-state index contributed by atoms with van der Waals surface area (Å²) in [6.07, 6.45) is 2.47. The molecular weight excluding hydrogens is 633 g/mol. The molecule has 15 nitrogen and oxygen atoms in total. The Morgan fingerprint density at radius 3 is 2.30 bits per heavy atom. The molecule has 0 saturated carbocycles. The second-order valence-corrected chi connectivity index (χ2v) is 11.6. The number of carbonyl (C=O) groups excluding carboxylic acids is 2. The fourth-order valence-corrected chi connectivity index (χ4v) is 5.48. The minimum atomic E-state index is -1.13. The number of nitrogens with zero attached hydrogens (tertiary/aromatic N) is 6. The molecule has 2 aromatic carbocycles. The number of carbonyl (C=O) groups is 3. The number of aromatic nitrogens is 4. The Morgan fingerprint density at radius 2 is 1.67 bits per heavy atom. The number of unbranched alkanes of at least 4 members (excludes halogenated alkanes) is 1. The van der Waals surface area contributed by atoms with Gasteiger partial charge in [-0.05, 0) is 71.8 Å². The van der Waals surface area contributed by atoms with Crippen molar-refractivity contribution in [1.82, 2.24) is 36.1 Å². The molecule has 3 rings (SSSR count). The Hall–Kier alpha value is -4.27. The van der Waals surface area contributed by atoms with Gasteiger partial charge >= 0.3 is 5.97 Å². The number of amides is 2. The van der Waals surface area contributed by atoms with Gasteiger partial charge in [0, 0.05) is 48.8 Å². The average Bonchev–Trinajstić information content (AvgIpc) is 3.05. The van der Waals surface area contributed by atoms with Crippen molar-refractivity contribution in [2.24, 2.45) is 5.92 Å². The first kappa shape index (κ1) is 36.2. The van der Waals surface area contributed by atoms with E-state index >= 15 is 0 Å². The van der Waals surface area contributed by atoms with Crippen LogP contribution in [0.25, 0.3) is 11.4 Å². The zero-order valence-corrected chi connectivity index (χ0v) is 27.4. The maximum absolute atomic E-state index is 12.6. The lowest BCUT2D eigenvalue weighted by molar-refractivity contribution is -0.384. The summed E-state index contributed by atoms with van der Waals surface area (Å²) in [6.45, 7) is 4.13. The highest BCUT2D eigenvalue weighted by atomic mass is 32.2. The summed E-state index contributed by atoms with van der Waals surface area (Å²) in [4.78, 5) is 46.1. The average molecular weight is 672 g/mol. The number of carboxylic acid groups (broad SMARTS) is 1. The molecular formula is C29H38N9O6PS. The quantitative estimate of drug-likeness (QED) is 0.0341. The largest absolute Gasteiger partial charge is 0.481 e. The molecule has 4 N–H and O–H groups in total. The summed E-state index contributed by atoms with van der Waals surface area (Å²) < 4.78 is 2.05. The van der Waals surface area contributed by atoms with Crippen LogP contribution in [0.5, 0.6) is 0 Å². The Balaban J connectivity index is 1.41. The second kappa shape index (κ2) is 19.3. The van der Waals surface area contributed by atoms with Crippen molar-refractivity contribution in [2.45, 2.75) is 39.0 Å². The molecule has 0 aliphatic rings. The van der Waals surface area contributed by atoms with Crippen molar-refractivity contribution in [3.8, 4) is 11.4 Å². The molecule has 0 radical (unpaired) electrons. The number of nitro groups is 1. The number of non-ortho nitro benzene ring substituents is 1. The van der Waals surface area contributed by atoms with E-state index in [1.54, 1.807) is 31.0 Å². The van der Waals surface area contributed by atoms with E-state index in [2.05, 4.69) is 36.1 Å². The van der Waals surface area contributed by atoms with E-state index in [-0.39, 0.29) is 24.4 Å². The number of benzene rings is 2. The summed E-state index contributed by atoms with van der Waals surface area (Å²) in [6, 6.07) is 13.7. The molecule has 246 valence electrons. The van der Waals surface area contributed by atoms with E-state index < -0.39 is 22.7 Å². The van der Waals surface area contributed by atoms with Crippen molar-refractivity contribution >= 4 is 50.5 Å². The molecule has 0 bridgehead atoms. The number of aliphatic carboxylic acids is 1. The van der Waals surface area contributed by atoms with Gasteiger partial charge in [-0.2, -0.15) is 0 Å². The topological polar surface area (TPSA) is 205 Å². The van der Waals surface area contributed by atoms with Gasteiger partial charge in [0.2, 0.25) is 17.6 Å². The number of rotatable bonds is 20. The van der Waals surface area contributed by atoms with Crippen LogP contribution in [0.15, 0.2) is 48.5 Å². The number of hydrogen-bond donors (Lipinski definition) is 4. The molecule has 2 atom stereocenters. The van der Waals surface area contributed by atoms with E-state index in [0.717, 1.165) is 23.2 Å². The molecule has 17 heteroatoms. The molecule has 3 aromatic rings. The molecule has 1 heterocycles. The molecule has 46 heavy (non-hydrogen) atoms. The van der Waals surface area contributed by atoms with Crippen molar-refractivity contribution < 1.29 is 24.4 Å². The van der Waals surface area contributed by atoms with E-state index in [9.17, 15) is 29.6 Å². The summed E-state index contributed by atoms with van der Waals surface area (Å²) in [5.41, 5.74) is 2.43. The Morgan fingerprint density at radius 1 is 0.978 bits per heavy atom. The van der Waals surface area contributed by atoms with E-state index in [0.29, 0.717) is 56.4 Å². The fraction of sp³-hybridized carbons (Fsp3) is 0.414. The predicted octanol–water partition coefficient (Wildman–Crippen LogP) is 2.72. The highest BCUT2D eigenvalue weighted by molar-refractivity contribution is 8.00. The minimum absolute atomic E-state index is 0.00990. The first-order valence-electron chi connectivity index (χ1n) is 14.7. The van der Waals surface area contributed by atoms with Gasteiger partial charge < -0.3 is 25.1 Å². The molecule has 0 aliphatic heterocycles. The second-order valence-electron chi connectivity index (χ2n) is 10.2. The van der Waals surface area contributed by atoms with Crippen LogP contribution in [0.3, 0.4) is 0 Å². The van der Waals surface area contributed by atoms with Crippen LogP contribution in [0.1, 0.15) is 37.1 Å². The summed E-state index contributed by atoms with van der Waals surface area (Å²) in [7, 11) is 2.03. The van der Waals surface area contributed by atoms with Crippen LogP contribution in [-0.4, -0.2) is 80.1 Å². The van der Waals surface area contributed by atoms with Gasteiger partial charge in [-0.25, -0.2) is 0 Å². The smallest absolute Gasteiger partial charge is 0.316 e. The Bertz CT molecular complexity index is 1430. The van der Waals surface area contributed by atoms with Gasteiger partial charge in [0.15, 0.2) is 5.82 Å². The zero-order chi connectivity index (χ0) is 33.3. The Labute approximate surface area is 273 Å². The van der Waals surface area contributed by atoms with Crippen LogP contribution < -0.4 is 20.0 Å². The van der Waals surface area contributed by atoms with Gasteiger partial charge in [-0.15, -0.1) is 20.4 Å². The number of carboxylic acids is 1. The molecule has 1 aromatic heterocycles.